The molecule has 0 unspecified atom stereocenters. The van der Waals surface area contributed by atoms with Gasteiger partial charge in [0.25, 0.3) is 0 Å². The van der Waals surface area contributed by atoms with E-state index in [0.717, 1.165) is 25.2 Å². The van der Waals surface area contributed by atoms with E-state index in [0.29, 0.717) is 6.61 Å². The van der Waals surface area contributed by atoms with Crippen LogP contribution in [0.3, 0.4) is 0 Å². The van der Waals surface area contributed by atoms with Crippen molar-refractivity contribution in [1.82, 2.24) is 0 Å². The SMILES string of the molecule is CCOC(=O)C[P+]1(O)CCCCC1. The van der Waals surface area contributed by atoms with Gasteiger partial charge in [0.05, 0.1) is 18.9 Å². The Hall–Kier alpha value is -0.140. The van der Waals surface area contributed by atoms with Crippen molar-refractivity contribution in [3.8, 4) is 0 Å². The van der Waals surface area contributed by atoms with E-state index in [9.17, 15) is 9.69 Å². The normalized spacial score (nSPS) is 21.1. The van der Waals surface area contributed by atoms with Crippen molar-refractivity contribution in [3.05, 3.63) is 0 Å². The maximum atomic E-state index is 11.2. The Labute approximate surface area is 79.9 Å². The van der Waals surface area contributed by atoms with Gasteiger partial charge in [0.15, 0.2) is 13.7 Å². The van der Waals surface area contributed by atoms with E-state index in [1.165, 1.54) is 6.42 Å². The molecule has 4 heteroatoms. The van der Waals surface area contributed by atoms with Gasteiger partial charge in [0.1, 0.15) is 0 Å². The second-order valence-corrected chi connectivity index (χ2v) is 6.97. The Morgan fingerprint density at radius 3 is 2.54 bits per heavy atom. The van der Waals surface area contributed by atoms with E-state index >= 15 is 0 Å². The molecule has 0 spiro atoms. The van der Waals surface area contributed by atoms with Crippen molar-refractivity contribution in [3.63, 3.8) is 0 Å². The molecular formula is C9H18O3P+. The molecule has 0 aliphatic carbocycles. The van der Waals surface area contributed by atoms with Crippen molar-refractivity contribution >= 4 is 13.5 Å². The third kappa shape index (κ3) is 3.61. The number of carbonyl (C=O) groups is 1. The minimum Gasteiger partial charge on any atom is -0.463 e. The van der Waals surface area contributed by atoms with Crippen molar-refractivity contribution in [2.45, 2.75) is 26.2 Å². The molecule has 0 radical (unpaired) electrons. The van der Waals surface area contributed by atoms with Crippen LogP contribution in [0.5, 0.6) is 0 Å². The second-order valence-electron chi connectivity index (χ2n) is 3.57. The third-order valence-corrected chi connectivity index (χ3v) is 5.52. The summed E-state index contributed by atoms with van der Waals surface area (Å²) in [5, 5.41) is 0. The van der Waals surface area contributed by atoms with Gasteiger partial charge in [-0.25, -0.2) is 4.79 Å². The van der Waals surface area contributed by atoms with E-state index in [2.05, 4.69) is 0 Å². The first-order valence-electron chi connectivity index (χ1n) is 4.91. The molecule has 1 rings (SSSR count). The largest absolute Gasteiger partial charge is 0.463 e. The Kier molecular flexibility index (Phi) is 4.14. The smallest absolute Gasteiger partial charge is 0.346 e. The molecule has 1 aliphatic heterocycles. The van der Waals surface area contributed by atoms with E-state index < -0.39 is 7.49 Å². The molecule has 1 aliphatic rings. The minimum atomic E-state index is -1.92. The lowest BCUT2D eigenvalue weighted by Crippen LogP contribution is -2.19. The quantitative estimate of drug-likeness (QED) is 0.563. The fraction of sp³-hybridized carbons (Fsp3) is 0.889. The number of esters is 1. The van der Waals surface area contributed by atoms with Gasteiger partial charge in [-0.15, -0.1) is 0 Å². The lowest BCUT2D eigenvalue weighted by Gasteiger charge is -2.22. The maximum Gasteiger partial charge on any atom is 0.346 e. The summed E-state index contributed by atoms with van der Waals surface area (Å²) in [6.45, 7) is 2.21. The summed E-state index contributed by atoms with van der Waals surface area (Å²) >= 11 is 0. The average Bonchev–Trinajstić information content (AvgIpc) is 2.04. The maximum absolute atomic E-state index is 11.2. The number of carbonyl (C=O) groups excluding carboxylic acids is 1. The summed E-state index contributed by atoms with van der Waals surface area (Å²) in [6.07, 6.45) is 5.33. The number of hydrogen-bond acceptors (Lipinski definition) is 3. The van der Waals surface area contributed by atoms with Crippen LogP contribution in [0.1, 0.15) is 26.2 Å². The molecule has 1 saturated heterocycles. The highest BCUT2D eigenvalue weighted by Gasteiger charge is 2.40. The number of rotatable bonds is 3. The monoisotopic (exact) mass is 205 g/mol. The molecule has 0 aromatic carbocycles. The van der Waals surface area contributed by atoms with Crippen molar-refractivity contribution < 1.29 is 14.4 Å². The topological polar surface area (TPSA) is 46.5 Å². The lowest BCUT2D eigenvalue weighted by atomic mass is 10.3. The summed E-state index contributed by atoms with van der Waals surface area (Å²) in [5.74, 6) is -0.222. The van der Waals surface area contributed by atoms with Crippen LogP contribution in [0.25, 0.3) is 0 Å². The highest BCUT2D eigenvalue weighted by Crippen LogP contribution is 2.58. The Balaban J connectivity index is 2.36. The predicted molar refractivity (Wildman–Crippen MR) is 54.2 cm³/mol. The first-order valence-corrected chi connectivity index (χ1v) is 7.20. The standard InChI is InChI=1S/C9H18O3P/c1-2-12-9(10)8-13(11)6-4-3-5-7-13/h11H,2-8H2,1H3/q+1. The molecule has 0 bridgehead atoms. The zero-order chi connectivity index (χ0) is 9.73. The summed E-state index contributed by atoms with van der Waals surface area (Å²) in [5.41, 5.74) is 0. The highest BCUT2D eigenvalue weighted by atomic mass is 31.2. The third-order valence-electron chi connectivity index (χ3n) is 2.38. The molecule has 1 heterocycles. The predicted octanol–water partition coefficient (Wildman–Crippen LogP) is 1.66. The van der Waals surface area contributed by atoms with Crippen LogP contribution in [-0.2, 0) is 9.53 Å². The van der Waals surface area contributed by atoms with Gasteiger partial charge in [-0.05, 0) is 26.2 Å². The number of hydrogen-bond donors (Lipinski definition) is 1. The van der Waals surface area contributed by atoms with Crippen molar-refractivity contribution in [1.29, 1.82) is 0 Å². The zero-order valence-corrected chi connectivity index (χ0v) is 9.06. The van der Waals surface area contributed by atoms with Crippen LogP contribution in [-0.4, -0.2) is 36.0 Å². The minimum absolute atomic E-state index is 0.222. The van der Waals surface area contributed by atoms with Crippen LogP contribution in [0.2, 0.25) is 0 Å². The van der Waals surface area contributed by atoms with Crippen LogP contribution in [0, 0.1) is 0 Å². The van der Waals surface area contributed by atoms with E-state index in [1.54, 1.807) is 6.92 Å². The molecule has 0 saturated carbocycles. The molecule has 76 valence electrons. The van der Waals surface area contributed by atoms with Crippen LogP contribution in [0.15, 0.2) is 0 Å². The van der Waals surface area contributed by atoms with Gasteiger partial charge >= 0.3 is 5.97 Å². The van der Waals surface area contributed by atoms with Gasteiger partial charge in [-0.3, -0.25) is 4.89 Å². The van der Waals surface area contributed by atoms with E-state index in [4.69, 9.17) is 4.74 Å². The van der Waals surface area contributed by atoms with Crippen molar-refractivity contribution in [2.24, 2.45) is 0 Å². The Bertz CT molecular complexity index is 176. The Morgan fingerprint density at radius 2 is 2.00 bits per heavy atom. The van der Waals surface area contributed by atoms with Gasteiger partial charge < -0.3 is 4.74 Å². The molecule has 0 amide bonds. The molecule has 1 fully saturated rings. The van der Waals surface area contributed by atoms with Gasteiger partial charge in [0, 0.05) is 0 Å². The molecule has 1 N–H and O–H groups in total. The summed E-state index contributed by atoms with van der Waals surface area (Å²) in [7, 11) is -1.92. The molecule has 3 nitrogen and oxygen atoms in total. The summed E-state index contributed by atoms with van der Waals surface area (Å²) in [4.78, 5) is 21.2. The van der Waals surface area contributed by atoms with Crippen LogP contribution in [0.4, 0.5) is 0 Å². The van der Waals surface area contributed by atoms with Crippen LogP contribution < -0.4 is 0 Å². The van der Waals surface area contributed by atoms with Gasteiger partial charge in [-0.2, -0.15) is 0 Å². The number of ether oxygens (including phenoxy) is 1. The molecule has 0 atom stereocenters. The molecular weight excluding hydrogens is 187 g/mol. The molecule has 13 heavy (non-hydrogen) atoms. The van der Waals surface area contributed by atoms with Gasteiger partial charge in [-0.1, -0.05) is 0 Å². The summed E-state index contributed by atoms with van der Waals surface area (Å²) < 4.78 is 4.84. The second kappa shape index (κ2) is 4.92. The molecule has 0 aromatic heterocycles. The van der Waals surface area contributed by atoms with Gasteiger partial charge in [0.2, 0.25) is 0 Å². The summed E-state index contributed by atoms with van der Waals surface area (Å²) in [6, 6.07) is 0. The molecule has 0 aromatic rings. The average molecular weight is 205 g/mol. The highest BCUT2D eigenvalue weighted by molar-refractivity contribution is 7.71. The van der Waals surface area contributed by atoms with Crippen LogP contribution >= 0.6 is 7.49 Å². The first-order chi connectivity index (χ1) is 6.16. The first kappa shape index (κ1) is 10.9. The fourth-order valence-corrected chi connectivity index (χ4v) is 4.44. The van der Waals surface area contributed by atoms with E-state index in [1.807, 2.05) is 0 Å². The van der Waals surface area contributed by atoms with Crippen molar-refractivity contribution in [2.75, 3.05) is 25.1 Å². The zero-order valence-electron chi connectivity index (χ0n) is 8.16. The fourth-order valence-electron chi connectivity index (χ4n) is 1.71. The van der Waals surface area contributed by atoms with E-state index in [-0.39, 0.29) is 12.1 Å². The lowest BCUT2D eigenvalue weighted by molar-refractivity contribution is -0.140. The Morgan fingerprint density at radius 1 is 1.38 bits per heavy atom.